The van der Waals surface area contributed by atoms with Gasteiger partial charge >= 0.3 is 0 Å². The molecular weight excluding hydrogens is 401 g/mol. The molecule has 29 heavy (non-hydrogen) atoms. The Morgan fingerprint density at radius 1 is 1.45 bits per heavy atom. The van der Waals surface area contributed by atoms with Gasteiger partial charge in [-0.3, -0.25) is 4.79 Å². The van der Waals surface area contributed by atoms with Gasteiger partial charge in [0.15, 0.2) is 5.82 Å². The minimum atomic E-state index is -3.36. The SMILES string of the molecule is CCS(=O)(=O)NC1CC2CN(C(=O)c3ccc(F)cn3)CC2(c2nc(C)no2)C1. The lowest BCUT2D eigenvalue weighted by atomic mass is 9.80. The van der Waals surface area contributed by atoms with Crippen molar-refractivity contribution in [2.24, 2.45) is 5.92 Å². The van der Waals surface area contributed by atoms with Crippen LogP contribution in [-0.4, -0.2) is 59.2 Å². The monoisotopic (exact) mass is 423 g/mol. The van der Waals surface area contributed by atoms with Crippen LogP contribution in [0.25, 0.3) is 0 Å². The van der Waals surface area contributed by atoms with Crippen molar-refractivity contribution < 1.29 is 22.1 Å². The zero-order valence-electron chi connectivity index (χ0n) is 16.1. The fourth-order valence-electron chi connectivity index (χ4n) is 4.45. The first-order chi connectivity index (χ1) is 13.7. The van der Waals surface area contributed by atoms with Gasteiger partial charge in [0.25, 0.3) is 5.91 Å². The molecule has 0 radical (unpaired) electrons. The van der Waals surface area contributed by atoms with Crippen molar-refractivity contribution in [1.29, 1.82) is 0 Å². The maximum absolute atomic E-state index is 13.1. The Labute approximate surface area is 167 Å². The second-order valence-corrected chi connectivity index (χ2v) is 9.75. The van der Waals surface area contributed by atoms with E-state index in [-0.39, 0.29) is 29.3 Å². The summed E-state index contributed by atoms with van der Waals surface area (Å²) in [5, 5.41) is 3.89. The van der Waals surface area contributed by atoms with Gasteiger partial charge in [-0.15, -0.1) is 0 Å². The van der Waals surface area contributed by atoms with E-state index in [1.54, 1.807) is 18.7 Å². The molecule has 3 unspecified atom stereocenters. The minimum absolute atomic E-state index is 0.00167. The fourth-order valence-corrected chi connectivity index (χ4v) is 5.30. The summed E-state index contributed by atoms with van der Waals surface area (Å²) in [7, 11) is -3.36. The lowest BCUT2D eigenvalue weighted by Gasteiger charge is -2.25. The van der Waals surface area contributed by atoms with Gasteiger partial charge in [0.1, 0.15) is 11.5 Å². The molecule has 0 spiro atoms. The Bertz CT molecular complexity index is 1030. The Balaban J connectivity index is 1.61. The van der Waals surface area contributed by atoms with E-state index in [1.807, 2.05) is 0 Å². The number of aryl methyl sites for hydroxylation is 1. The number of hydrogen-bond acceptors (Lipinski definition) is 7. The molecule has 2 fully saturated rings. The van der Waals surface area contributed by atoms with Crippen LogP contribution in [0.3, 0.4) is 0 Å². The van der Waals surface area contributed by atoms with Crippen molar-refractivity contribution in [2.75, 3.05) is 18.8 Å². The van der Waals surface area contributed by atoms with Crippen LogP contribution in [0.2, 0.25) is 0 Å². The number of hydrogen-bond donors (Lipinski definition) is 1. The average Bonchev–Trinajstić information content (AvgIpc) is 3.34. The third-order valence-electron chi connectivity index (χ3n) is 5.79. The summed E-state index contributed by atoms with van der Waals surface area (Å²) in [6.45, 7) is 4.02. The quantitative estimate of drug-likeness (QED) is 0.763. The highest BCUT2D eigenvalue weighted by atomic mass is 32.2. The molecule has 2 aliphatic rings. The molecule has 0 aromatic carbocycles. The van der Waals surface area contributed by atoms with Gasteiger partial charge in [-0.1, -0.05) is 5.16 Å². The van der Waals surface area contributed by atoms with E-state index in [1.165, 1.54) is 12.1 Å². The molecule has 3 heterocycles. The maximum atomic E-state index is 13.1. The molecule has 1 amide bonds. The number of carbonyl (C=O) groups excluding carboxylic acids is 1. The highest BCUT2D eigenvalue weighted by Crippen LogP contribution is 2.50. The highest BCUT2D eigenvalue weighted by Gasteiger charge is 2.58. The molecule has 0 bridgehead atoms. The van der Waals surface area contributed by atoms with E-state index >= 15 is 0 Å². The molecule has 2 aromatic heterocycles. The third-order valence-corrected chi connectivity index (χ3v) is 7.24. The standard InChI is InChI=1S/C18H22FN5O4S/c1-3-29(26,27)23-14-6-12-9-24(16(25)15-5-4-13(19)8-20-15)10-18(12,7-14)17-21-11(2)22-28-17/h4-5,8,12,14,23H,3,6-7,9-10H2,1-2H3. The summed E-state index contributed by atoms with van der Waals surface area (Å²) < 4.78 is 45.4. The number of pyridine rings is 1. The minimum Gasteiger partial charge on any atom is -0.339 e. The summed E-state index contributed by atoms with van der Waals surface area (Å²) in [6.07, 6.45) is 2.03. The van der Waals surface area contributed by atoms with Crippen molar-refractivity contribution in [2.45, 2.75) is 38.1 Å². The van der Waals surface area contributed by atoms with Gasteiger partial charge < -0.3 is 9.42 Å². The molecule has 156 valence electrons. The molecule has 11 heteroatoms. The Kier molecular flexibility index (Phi) is 4.89. The van der Waals surface area contributed by atoms with Gasteiger partial charge in [0.2, 0.25) is 15.9 Å². The zero-order valence-corrected chi connectivity index (χ0v) is 16.9. The van der Waals surface area contributed by atoms with Crippen LogP contribution in [0.1, 0.15) is 42.0 Å². The van der Waals surface area contributed by atoms with E-state index in [0.29, 0.717) is 37.6 Å². The largest absolute Gasteiger partial charge is 0.339 e. The number of aromatic nitrogens is 3. The number of halogens is 1. The van der Waals surface area contributed by atoms with Gasteiger partial charge in [0.05, 0.1) is 17.4 Å². The summed E-state index contributed by atoms with van der Waals surface area (Å²) in [6, 6.07) is 2.29. The summed E-state index contributed by atoms with van der Waals surface area (Å²) in [5.74, 6) is 0.0405. The number of fused-ring (bicyclic) bond motifs is 1. The number of nitrogens with one attached hydrogen (secondary N) is 1. The number of rotatable bonds is 5. The molecule has 1 aliphatic carbocycles. The fraction of sp³-hybridized carbons (Fsp3) is 0.556. The number of likely N-dealkylation sites (tertiary alicyclic amines) is 1. The molecule has 2 aromatic rings. The predicted octanol–water partition coefficient (Wildman–Crippen LogP) is 1.02. The van der Waals surface area contributed by atoms with Crippen LogP contribution < -0.4 is 4.72 Å². The Morgan fingerprint density at radius 2 is 2.24 bits per heavy atom. The second kappa shape index (κ2) is 7.13. The van der Waals surface area contributed by atoms with Gasteiger partial charge in [-0.2, -0.15) is 4.98 Å². The smallest absolute Gasteiger partial charge is 0.272 e. The first kappa shape index (κ1) is 19.9. The van der Waals surface area contributed by atoms with E-state index < -0.39 is 21.3 Å². The highest BCUT2D eigenvalue weighted by molar-refractivity contribution is 7.89. The lowest BCUT2D eigenvalue weighted by Crippen LogP contribution is -2.40. The maximum Gasteiger partial charge on any atom is 0.272 e. The van der Waals surface area contributed by atoms with Crippen LogP contribution in [0.5, 0.6) is 0 Å². The Morgan fingerprint density at radius 3 is 2.86 bits per heavy atom. The lowest BCUT2D eigenvalue weighted by molar-refractivity contribution is 0.0767. The van der Waals surface area contributed by atoms with Gasteiger partial charge in [0, 0.05) is 19.1 Å². The topological polar surface area (TPSA) is 118 Å². The number of nitrogens with zero attached hydrogens (tertiary/aromatic N) is 4. The van der Waals surface area contributed by atoms with E-state index in [9.17, 15) is 17.6 Å². The van der Waals surface area contributed by atoms with Crippen molar-refractivity contribution >= 4 is 15.9 Å². The first-order valence-corrected chi connectivity index (χ1v) is 11.1. The van der Waals surface area contributed by atoms with Crippen molar-refractivity contribution in [3.63, 3.8) is 0 Å². The van der Waals surface area contributed by atoms with Crippen molar-refractivity contribution in [3.8, 4) is 0 Å². The average molecular weight is 423 g/mol. The number of carbonyl (C=O) groups is 1. The van der Waals surface area contributed by atoms with Crippen molar-refractivity contribution in [1.82, 2.24) is 24.7 Å². The molecular formula is C18H22FN5O4S. The van der Waals surface area contributed by atoms with Crippen LogP contribution >= 0.6 is 0 Å². The van der Waals surface area contributed by atoms with Crippen LogP contribution in [0.4, 0.5) is 4.39 Å². The number of amides is 1. The normalized spacial score (nSPS) is 26.7. The second-order valence-electron chi connectivity index (χ2n) is 7.71. The summed E-state index contributed by atoms with van der Waals surface area (Å²) >= 11 is 0. The number of sulfonamides is 1. The predicted molar refractivity (Wildman–Crippen MR) is 99.9 cm³/mol. The third kappa shape index (κ3) is 3.64. The van der Waals surface area contributed by atoms with E-state index in [0.717, 1.165) is 6.20 Å². The first-order valence-electron chi connectivity index (χ1n) is 9.44. The van der Waals surface area contributed by atoms with Crippen LogP contribution in [0, 0.1) is 18.7 Å². The zero-order chi connectivity index (χ0) is 20.8. The van der Waals surface area contributed by atoms with E-state index in [4.69, 9.17) is 4.52 Å². The Hall–Kier alpha value is -2.40. The van der Waals surface area contributed by atoms with Gasteiger partial charge in [-0.25, -0.2) is 22.5 Å². The summed E-state index contributed by atoms with van der Waals surface area (Å²) in [4.78, 5) is 22.8. The molecule has 9 nitrogen and oxygen atoms in total. The van der Waals surface area contributed by atoms with Crippen LogP contribution in [0.15, 0.2) is 22.9 Å². The van der Waals surface area contributed by atoms with Gasteiger partial charge in [-0.05, 0) is 44.7 Å². The molecule has 1 N–H and O–H groups in total. The van der Waals surface area contributed by atoms with Crippen LogP contribution in [-0.2, 0) is 15.4 Å². The molecule has 1 saturated carbocycles. The molecule has 1 saturated heterocycles. The summed E-state index contributed by atoms with van der Waals surface area (Å²) in [5.41, 5.74) is -0.468. The molecule has 1 aliphatic heterocycles. The molecule has 3 atom stereocenters. The van der Waals surface area contributed by atoms with E-state index in [2.05, 4.69) is 19.8 Å². The van der Waals surface area contributed by atoms with Crippen molar-refractivity contribution in [3.05, 3.63) is 41.6 Å². The molecule has 4 rings (SSSR count).